The first-order valence-corrected chi connectivity index (χ1v) is 6.57. The Bertz CT molecular complexity index is 682. The highest BCUT2D eigenvalue weighted by atomic mass is 16.7. The Morgan fingerprint density at radius 1 is 1.05 bits per heavy atom. The normalized spacial score (nSPS) is 15.6. The van der Waals surface area contributed by atoms with Crippen LogP contribution in [0.4, 0.5) is 0 Å². The van der Waals surface area contributed by atoms with Crippen LogP contribution in [0.25, 0.3) is 0 Å². The van der Waals surface area contributed by atoms with Gasteiger partial charge in [-0.1, -0.05) is 30.3 Å². The van der Waals surface area contributed by atoms with E-state index in [1.165, 1.54) is 0 Å². The fourth-order valence-electron chi connectivity index (χ4n) is 2.75. The van der Waals surface area contributed by atoms with Crippen molar-refractivity contribution < 1.29 is 14.3 Å². The zero-order valence-corrected chi connectivity index (χ0v) is 10.8. The van der Waals surface area contributed by atoms with Crippen LogP contribution in [-0.2, 0) is 13.1 Å². The van der Waals surface area contributed by atoms with Gasteiger partial charge in [0.05, 0.1) is 6.54 Å². The van der Waals surface area contributed by atoms with Crippen LogP contribution in [0.5, 0.6) is 11.5 Å². The van der Waals surface area contributed by atoms with Crippen molar-refractivity contribution in [3.63, 3.8) is 0 Å². The van der Waals surface area contributed by atoms with E-state index in [2.05, 4.69) is 0 Å². The summed E-state index contributed by atoms with van der Waals surface area (Å²) in [6.07, 6.45) is 0. The summed E-state index contributed by atoms with van der Waals surface area (Å²) < 4.78 is 10.8. The second-order valence-corrected chi connectivity index (χ2v) is 4.97. The molecule has 4 heteroatoms. The van der Waals surface area contributed by atoms with E-state index in [0.717, 1.165) is 28.2 Å². The Hall–Kier alpha value is -2.49. The SMILES string of the molecule is O=C1c2ccc3c(c2CN1Cc1ccccc1)OCO3. The van der Waals surface area contributed by atoms with Gasteiger partial charge in [0, 0.05) is 17.7 Å². The van der Waals surface area contributed by atoms with Gasteiger partial charge in [-0.2, -0.15) is 0 Å². The Morgan fingerprint density at radius 3 is 2.75 bits per heavy atom. The number of ether oxygens (including phenoxy) is 2. The molecule has 0 N–H and O–H groups in total. The van der Waals surface area contributed by atoms with Gasteiger partial charge < -0.3 is 14.4 Å². The number of rotatable bonds is 2. The van der Waals surface area contributed by atoms with E-state index >= 15 is 0 Å². The molecule has 0 bridgehead atoms. The van der Waals surface area contributed by atoms with Crippen molar-refractivity contribution in [2.24, 2.45) is 0 Å². The second-order valence-electron chi connectivity index (χ2n) is 4.97. The number of hydrogen-bond donors (Lipinski definition) is 0. The Morgan fingerprint density at radius 2 is 1.90 bits per heavy atom. The number of fused-ring (bicyclic) bond motifs is 3. The van der Waals surface area contributed by atoms with E-state index in [4.69, 9.17) is 9.47 Å². The van der Waals surface area contributed by atoms with Crippen molar-refractivity contribution >= 4 is 5.91 Å². The van der Waals surface area contributed by atoms with E-state index in [1.807, 2.05) is 47.4 Å². The fourth-order valence-corrected chi connectivity index (χ4v) is 2.75. The van der Waals surface area contributed by atoms with Gasteiger partial charge in [0.2, 0.25) is 6.79 Å². The molecular weight excluding hydrogens is 254 g/mol. The summed E-state index contributed by atoms with van der Waals surface area (Å²) in [7, 11) is 0. The van der Waals surface area contributed by atoms with Gasteiger partial charge in [-0.15, -0.1) is 0 Å². The predicted molar refractivity (Wildman–Crippen MR) is 72.6 cm³/mol. The molecule has 0 saturated carbocycles. The van der Waals surface area contributed by atoms with Gasteiger partial charge in [-0.05, 0) is 17.7 Å². The van der Waals surface area contributed by atoms with Crippen molar-refractivity contribution in [2.75, 3.05) is 6.79 Å². The fraction of sp³-hybridized carbons (Fsp3) is 0.188. The minimum absolute atomic E-state index is 0.0575. The highest BCUT2D eigenvalue weighted by molar-refractivity contribution is 5.99. The summed E-state index contributed by atoms with van der Waals surface area (Å²) >= 11 is 0. The second kappa shape index (κ2) is 4.27. The average molecular weight is 267 g/mol. The van der Waals surface area contributed by atoms with Crippen LogP contribution >= 0.6 is 0 Å². The molecule has 0 spiro atoms. The van der Waals surface area contributed by atoms with E-state index in [0.29, 0.717) is 13.1 Å². The third kappa shape index (κ3) is 1.65. The predicted octanol–water partition coefficient (Wildman–Crippen LogP) is 2.57. The molecule has 0 unspecified atom stereocenters. The maximum atomic E-state index is 12.4. The van der Waals surface area contributed by atoms with Crippen LogP contribution < -0.4 is 9.47 Å². The molecule has 2 aliphatic rings. The molecule has 0 saturated heterocycles. The lowest BCUT2D eigenvalue weighted by molar-refractivity contribution is 0.0766. The van der Waals surface area contributed by atoms with Gasteiger partial charge in [-0.25, -0.2) is 0 Å². The maximum Gasteiger partial charge on any atom is 0.254 e. The topological polar surface area (TPSA) is 38.8 Å². The zero-order chi connectivity index (χ0) is 13.5. The van der Waals surface area contributed by atoms with Crippen molar-refractivity contribution in [1.82, 2.24) is 4.90 Å². The largest absolute Gasteiger partial charge is 0.454 e. The molecular formula is C16H13NO3. The maximum absolute atomic E-state index is 12.4. The molecule has 2 aromatic carbocycles. The molecule has 0 aliphatic carbocycles. The lowest BCUT2D eigenvalue weighted by Gasteiger charge is -2.15. The Labute approximate surface area is 116 Å². The van der Waals surface area contributed by atoms with Gasteiger partial charge in [0.15, 0.2) is 11.5 Å². The molecule has 1 amide bonds. The van der Waals surface area contributed by atoms with Crippen LogP contribution in [0, 0.1) is 0 Å². The van der Waals surface area contributed by atoms with E-state index in [9.17, 15) is 4.79 Å². The third-order valence-corrected chi connectivity index (χ3v) is 3.72. The number of carbonyl (C=O) groups excluding carboxylic acids is 1. The molecule has 0 fully saturated rings. The Balaban J connectivity index is 1.66. The molecule has 2 aromatic rings. The van der Waals surface area contributed by atoms with Crippen molar-refractivity contribution in [2.45, 2.75) is 13.1 Å². The Kier molecular flexibility index (Phi) is 2.42. The number of nitrogens with zero attached hydrogens (tertiary/aromatic N) is 1. The summed E-state index contributed by atoms with van der Waals surface area (Å²) in [5, 5.41) is 0. The third-order valence-electron chi connectivity index (χ3n) is 3.72. The molecule has 0 aromatic heterocycles. The van der Waals surface area contributed by atoms with Crippen LogP contribution in [0.2, 0.25) is 0 Å². The highest BCUT2D eigenvalue weighted by Gasteiger charge is 2.33. The van der Waals surface area contributed by atoms with Crippen molar-refractivity contribution in [3.05, 3.63) is 59.2 Å². The van der Waals surface area contributed by atoms with E-state index in [-0.39, 0.29) is 12.7 Å². The molecule has 0 radical (unpaired) electrons. The molecule has 100 valence electrons. The molecule has 20 heavy (non-hydrogen) atoms. The van der Waals surface area contributed by atoms with Gasteiger partial charge >= 0.3 is 0 Å². The van der Waals surface area contributed by atoms with Crippen molar-refractivity contribution in [1.29, 1.82) is 0 Å². The minimum Gasteiger partial charge on any atom is -0.454 e. The minimum atomic E-state index is 0.0575. The molecule has 2 heterocycles. The molecule has 2 aliphatic heterocycles. The van der Waals surface area contributed by atoms with Crippen LogP contribution in [0.3, 0.4) is 0 Å². The smallest absolute Gasteiger partial charge is 0.254 e. The van der Waals surface area contributed by atoms with Gasteiger partial charge in [0.1, 0.15) is 0 Å². The number of carbonyl (C=O) groups is 1. The first kappa shape index (κ1) is 11.3. The molecule has 4 rings (SSSR count). The standard InChI is InChI=1S/C16H13NO3/c18-16-12-6-7-14-15(20-10-19-14)13(12)9-17(16)8-11-4-2-1-3-5-11/h1-7H,8-10H2. The highest BCUT2D eigenvalue weighted by Crippen LogP contribution is 2.41. The molecule has 4 nitrogen and oxygen atoms in total. The first-order chi connectivity index (χ1) is 9.83. The lowest BCUT2D eigenvalue weighted by Crippen LogP contribution is -2.23. The first-order valence-electron chi connectivity index (χ1n) is 6.57. The number of benzene rings is 2. The summed E-state index contributed by atoms with van der Waals surface area (Å²) in [5.41, 5.74) is 2.80. The van der Waals surface area contributed by atoms with Crippen LogP contribution in [0.15, 0.2) is 42.5 Å². The van der Waals surface area contributed by atoms with Gasteiger partial charge in [-0.3, -0.25) is 4.79 Å². The average Bonchev–Trinajstić information content (AvgIpc) is 3.06. The quantitative estimate of drug-likeness (QED) is 0.839. The summed E-state index contributed by atoms with van der Waals surface area (Å²) in [4.78, 5) is 14.3. The number of amides is 1. The van der Waals surface area contributed by atoms with Gasteiger partial charge in [0.25, 0.3) is 5.91 Å². The number of hydrogen-bond acceptors (Lipinski definition) is 3. The van der Waals surface area contributed by atoms with Crippen LogP contribution in [0.1, 0.15) is 21.5 Å². The van der Waals surface area contributed by atoms with E-state index < -0.39 is 0 Å². The van der Waals surface area contributed by atoms with Crippen LogP contribution in [-0.4, -0.2) is 17.6 Å². The summed E-state index contributed by atoms with van der Waals surface area (Å²) in [6, 6.07) is 13.6. The molecule has 0 atom stereocenters. The lowest BCUT2D eigenvalue weighted by atomic mass is 10.1. The zero-order valence-electron chi connectivity index (χ0n) is 10.8. The summed E-state index contributed by atoms with van der Waals surface area (Å²) in [5.74, 6) is 1.52. The van der Waals surface area contributed by atoms with E-state index in [1.54, 1.807) is 0 Å². The summed E-state index contributed by atoms with van der Waals surface area (Å²) in [6.45, 7) is 1.43. The van der Waals surface area contributed by atoms with Crippen molar-refractivity contribution in [3.8, 4) is 11.5 Å². The monoisotopic (exact) mass is 267 g/mol.